The van der Waals surface area contributed by atoms with Crippen molar-refractivity contribution < 1.29 is 22.3 Å². The highest BCUT2D eigenvalue weighted by molar-refractivity contribution is 7.89. The zero-order valence-corrected chi connectivity index (χ0v) is 19.3. The molecule has 1 saturated heterocycles. The molecule has 1 aliphatic heterocycles. The third-order valence-electron chi connectivity index (χ3n) is 5.54. The van der Waals surface area contributed by atoms with Gasteiger partial charge in [-0.1, -0.05) is 24.1 Å². The van der Waals surface area contributed by atoms with Crippen molar-refractivity contribution in [2.75, 3.05) is 20.7 Å². The lowest BCUT2D eigenvalue weighted by molar-refractivity contribution is 0.0783. The number of methoxy groups -OCH3 is 1. The van der Waals surface area contributed by atoms with Gasteiger partial charge in [-0.15, -0.1) is 0 Å². The van der Waals surface area contributed by atoms with Crippen molar-refractivity contribution in [1.82, 2.24) is 9.21 Å². The molecule has 0 N–H and O–H groups in total. The van der Waals surface area contributed by atoms with Crippen LogP contribution < -0.4 is 4.74 Å². The van der Waals surface area contributed by atoms with Crippen molar-refractivity contribution in [2.24, 2.45) is 0 Å². The number of hydrogen-bond donors (Lipinski definition) is 0. The first-order valence-corrected chi connectivity index (χ1v) is 11.9. The average Bonchev–Trinajstić information content (AvgIpc) is 2.75. The molecule has 0 saturated carbocycles. The average molecular weight is 469 g/mol. The van der Waals surface area contributed by atoms with Gasteiger partial charge in [0.25, 0.3) is 5.91 Å². The van der Waals surface area contributed by atoms with E-state index in [9.17, 15) is 17.6 Å². The second kappa shape index (κ2) is 9.54. The van der Waals surface area contributed by atoms with Crippen molar-refractivity contribution >= 4 is 27.5 Å². The van der Waals surface area contributed by atoms with Crippen molar-refractivity contribution in [1.29, 1.82) is 0 Å². The number of benzene rings is 2. The van der Waals surface area contributed by atoms with E-state index < -0.39 is 21.7 Å². The molecule has 0 aliphatic carbocycles. The number of hydrogen-bond acceptors (Lipinski definition) is 4. The Balaban J connectivity index is 1.93. The molecule has 6 nitrogen and oxygen atoms in total. The summed E-state index contributed by atoms with van der Waals surface area (Å²) < 4.78 is 47.6. The van der Waals surface area contributed by atoms with Gasteiger partial charge in [0.1, 0.15) is 16.5 Å². The molecule has 0 bridgehead atoms. The second-order valence-electron chi connectivity index (χ2n) is 7.69. The molecule has 1 fully saturated rings. The summed E-state index contributed by atoms with van der Waals surface area (Å²) in [5.74, 6) is -0.788. The Morgan fingerprint density at radius 3 is 2.68 bits per heavy atom. The molecule has 0 spiro atoms. The largest absolute Gasteiger partial charge is 0.495 e. The molecule has 1 amide bonds. The first-order chi connectivity index (χ1) is 14.7. The van der Waals surface area contributed by atoms with E-state index >= 15 is 0 Å². The van der Waals surface area contributed by atoms with Crippen LogP contribution in [0, 0.1) is 5.82 Å². The van der Waals surface area contributed by atoms with Gasteiger partial charge in [0.15, 0.2) is 0 Å². The Kier molecular flexibility index (Phi) is 7.24. The number of sulfonamides is 1. The maximum atomic E-state index is 14.1. The standard InChI is InChI=1S/C22H26ClFN2O4S/c1-15-7-4-5-12-26(15)31(28,29)21-13-16(10-11-20(21)30-3)22(27)25(2)14-17-18(23)8-6-9-19(17)24/h6,8-11,13,15H,4-5,7,12,14H2,1-3H3. The van der Waals surface area contributed by atoms with E-state index in [1.807, 2.05) is 6.92 Å². The molecule has 0 radical (unpaired) electrons. The molecular weight excluding hydrogens is 443 g/mol. The number of carbonyl (C=O) groups excluding carboxylic acids is 1. The van der Waals surface area contributed by atoms with Gasteiger partial charge in [-0.25, -0.2) is 12.8 Å². The number of rotatable bonds is 6. The van der Waals surface area contributed by atoms with Crippen molar-refractivity contribution in [3.63, 3.8) is 0 Å². The first-order valence-electron chi connectivity index (χ1n) is 10.0. The van der Waals surface area contributed by atoms with Gasteiger partial charge in [-0.2, -0.15) is 4.31 Å². The first kappa shape index (κ1) is 23.5. The van der Waals surface area contributed by atoms with Crippen LogP contribution in [0.1, 0.15) is 42.1 Å². The van der Waals surface area contributed by atoms with E-state index in [0.717, 1.165) is 19.3 Å². The minimum absolute atomic E-state index is 0.0491. The summed E-state index contributed by atoms with van der Waals surface area (Å²) in [4.78, 5) is 14.3. The van der Waals surface area contributed by atoms with Gasteiger partial charge < -0.3 is 9.64 Å². The van der Waals surface area contributed by atoms with E-state index in [0.29, 0.717) is 6.54 Å². The Hall–Kier alpha value is -2.16. The van der Waals surface area contributed by atoms with Crippen molar-refractivity contribution in [3.05, 3.63) is 58.4 Å². The Morgan fingerprint density at radius 1 is 1.29 bits per heavy atom. The normalized spacial score (nSPS) is 17.4. The van der Waals surface area contributed by atoms with Gasteiger partial charge in [0, 0.05) is 42.3 Å². The van der Waals surface area contributed by atoms with Gasteiger partial charge in [-0.05, 0) is 50.1 Å². The van der Waals surface area contributed by atoms with Gasteiger partial charge in [0.05, 0.1) is 7.11 Å². The zero-order valence-electron chi connectivity index (χ0n) is 17.8. The SMILES string of the molecule is COc1ccc(C(=O)N(C)Cc2c(F)cccc2Cl)cc1S(=O)(=O)N1CCCCC1C. The van der Waals surface area contributed by atoms with Crippen LogP contribution in [0.15, 0.2) is 41.3 Å². The van der Waals surface area contributed by atoms with E-state index in [1.165, 1.54) is 53.7 Å². The van der Waals surface area contributed by atoms with Crippen molar-refractivity contribution in [3.8, 4) is 5.75 Å². The molecule has 31 heavy (non-hydrogen) atoms. The number of nitrogens with zero attached hydrogens (tertiary/aromatic N) is 2. The van der Waals surface area contributed by atoms with Crippen LogP contribution in [0.5, 0.6) is 5.75 Å². The second-order valence-corrected chi connectivity index (χ2v) is 9.95. The molecule has 1 aliphatic rings. The fourth-order valence-electron chi connectivity index (χ4n) is 3.78. The van der Waals surface area contributed by atoms with Gasteiger partial charge >= 0.3 is 0 Å². The lowest BCUT2D eigenvalue weighted by atomic mass is 10.1. The lowest BCUT2D eigenvalue weighted by Gasteiger charge is -2.32. The van der Waals surface area contributed by atoms with E-state index in [4.69, 9.17) is 16.3 Å². The lowest BCUT2D eigenvalue weighted by Crippen LogP contribution is -2.42. The van der Waals surface area contributed by atoms with Crippen LogP contribution in [-0.4, -0.2) is 50.3 Å². The molecule has 2 aromatic rings. The van der Waals surface area contributed by atoms with Crippen LogP contribution in [0.2, 0.25) is 5.02 Å². The molecule has 3 rings (SSSR count). The highest BCUT2D eigenvalue weighted by Crippen LogP contribution is 2.32. The fourth-order valence-corrected chi connectivity index (χ4v) is 5.88. The Labute approximate surface area is 187 Å². The summed E-state index contributed by atoms with van der Waals surface area (Å²) in [5.41, 5.74) is 0.363. The molecule has 1 atom stereocenters. The Morgan fingerprint density at radius 2 is 2.03 bits per heavy atom. The minimum atomic E-state index is -3.85. The minimum Gasteiger partial charge on any atom is -0.495 e. The number of carbonyl (C=O) groups is 1. The highest BCUT2D eigenvalue weighted by atomic mass is 35.5. The van der Waals surface area contributed by atoms with E-state index in [-0.39, 0.29) is 39.4 Å². The topological polar surface area (TPSA) is 66.9 Å². The molecular formula is C22H26ClFN2O4S. The smallest absolute Gasteiger partial charge is 0.253 e. The van der Waals surface area contributed by atoms with Crippen LogP contribution >= 0.6 is 11.6 Å². The fraction of sp³-hybridized carbons (Fsp3) is 0.409. The third-order valence-corrected chi connectivity index (χ3v) is 7.93. The quantitative estimate of drug-likeness (QED) is 0.633. The predicted molar refractivity (Wildman–Crippen MR) is 117 cm³/mol. The van der Waals surface area contributed by atoms with Gasteiger partial charge in [0.2, 0.25) is 10.0 Å². The maximum Gasteiger partial charge on any atom is 0.253 e. The molecule has 9 heteroatoms. The summed E-state index contributed by atoms with van der Waals surface area (Å²) in [5, 5.41) is 0.219. The number of halogens is 2. The summed E-state index contributed by atoms with van der Waals surface area (Å²) in [6.45, 7) is 2.25. The van der Waals surface area contributed by atoms with Crippen LogP contribution in [0.25, 0.3) is 0 Å². The molecule has 2 aromatic carbocycles. The van der Waals surface area contributed by atoms with Crippen LogP contribution in [0.4, 0.5) is 4.39 Å². The Bertz CT molecular complexity index is 1060. The third kappa shape index (κ3) is 4.86. The monoisotopic (exact) mass is 468 g/mol. The van der Waals surface area contributed by atoms with Gasteiger partial charge in [-0.3, -0.25) is 4.79 Å². The summed E-state index contributed by atoms with van der Waals surface area (Å²) in [7, 11) is -0.951. The highest BCUT2D eigenvalue weighted by Gasteiger charge is 2.34. The summed E-state index contributed by atoms with van der Waals surface area (Å²) >= 11 is 6.07. The molecule has 1 unspecified atom stereocenters. The number of ether oxygens (including phenoxy) is 1. The molecule has 1 heterocycles. The summed E-state index contributed by atoms with van der Waals surface area (Å²) in [6.07, 6.45) is 2.55. The zero-order chi connectivity index (χ0) is 22.8. The maximum absolute atomic E-state index is 14.1. The molecule has 0 aromatic heterocycles. The van der Waals surface area contributed by atoms with Crippen molar-refractivity contribution in [2.45, 2.75) is 43.7 Å². The van der Waals surface area contributed by atoms with Crippen LogP contribution in [0.3, 0.4) is 0 Å². The van der Waals surface area contributed by atoms with E-state index in [2.05, 4.69) is 0 Å². The predicted octanol–water partition coefficient (Wildman–Crippen LogP) is 4.32. The number of amides is 1. The van der Waals surface area contributed by atoms with Crippen LogP contribution in [-0.2, 0) is 16.6 Å². The summed E-state index contributed by atoms with van der Waals surface area (Å²) in [6, 6.07) is 8.49. The molecule has 168 valence electrons. The van der Waals surface area contributed by atoms with E-state index in [1.54, 1.807) is 6.07 Å². The number of piperidine rings is 1.